The third-order valence-electron chi connectivity index (χ3n) is 2.03. The SMILES string of the molecule is CCOC(=O)CNC(=O)c1nn(CC)cc1N. The number of hydrogen-bond donors (Lipinski definition) is 2. The Labute approximate surface area is 98.9 Å². The summed E-state index contributed by atoms with van der Waals surface area (Å²) in [5.41, 5.74) is 6.03. The number of carbonyl (C=O) groups excluding carboxylic acids is 2. The molecule has 3 N–H and O–H groups in total. The summed E-state index contributed by atoms with van der Waals surface area (Å²) in [6.07, 6.45) is 1.57. The predicted molar refractivity (Wildman–Crippen MR) is 61.3 cm³/mol. The van der Waals surface area contributed by atoms with Gasteiger partial charge in [0, 0.05) is 12.7 Å². The third kappa shape index (κ3) is 3.47. The van der Waals surface area contributed by atoms with E-state index in [-0.39, 0.29) is 24.5 Å². The second kappa shape index (κ2) is 5.88. The van der Waals surface area contributed by atoms with Gasteiger partial charge < -0.3 is 15.8 Å². The quantitative estimate of drug-likeness (QED) is 0.693. The molecule has 0 bridgehead atoms. The highest BCUT2D eigenvalue weighted by Crippen LogP contribution is 2.08. The van der Waals surface area contributed by atoms with E-state index in [2.05, 4.69) is 15.2 Å². The van der Waals surface area contributed by atoms with Crippen molar-refractivity contribution in [3.8, 4) is 0 Å². The van der Waals surface area contributed by atoms with Gasteiger partial charge >= 0.3 is 5.97 Å². The number of nitrogens with zero attached hydrogens (tertiary/aromatic N) is 2. The summed E-state index contributed by atoms with van der Waals surface area (Å²) in [5, 5.41) is 6.37. The van der Waals surface area contributed by atoms with Crippen LogP contribution in [-0.2, 0) is 16.1 Å². The molecule has 0 aliphatic carbocycles. The van der Waals surface area contributed by atoms with Crippen LogP contribution in [0.3, 0.4) is 0 Å². The van der Waals surface area contributed by atoms with Gasteiger partial charge in [0.1, 0.15) is 6.54 Å². The number of nitrogens with two attached hydrogens (primary N) is 1. The highest BCUT2D eigenvalue weighted by Gasteiger charge is 2.15. The fourth-order valence-corrected chi connectivity index (χ4v) is 1.22. The zero-order valence-corrected chi connectivity index (χ0v) is 9.90. The monoisotopic (exact) mass is 240 g/mol. The second-order valence-electron chi connectivity index (χ2n) is 3.28. The standard InChI is InChI=1S/C10H16N4O3/c1-3-14-6-7(11)9(13-14)10(16)12-5-8(15)17-4-2/h6H,3-5,11H2,1-2H3,(H,12,16). The van der Waals surface area contributed by atoms with E-state index in [4.69, 9.17) is 5.73 Å². The lowest BCUT2D eigenvalue weighted by Gasteiger charge is -2.03. The minimum absolute atomic E-state index is 0.121. The van der Waals surface area contributed by atoms with Crippen molar-refractivity contribution >= 4 is 17.6 Å². The number of esters is 1. The summed E-state index contributed by atoms with van der Waals surface area (Å²) in [4.78, 5) is 22.7. The van der Waals surface area contributed by atoms with Crippen LogP contribution in [0.15, 0.2) is 6.20 Å². The van der Waals surface area contributed by atoms with Crippen molar-refractivity contribution in [1.29, 1.82) is 0 Å². The molecule has 0 fully saturated rings. The molecule has 1 heterocycles. The van der Waals surface area contributed by atoms with Crippen molar-refractivity contribution < 1.29 is 14.3 Å². The Morgan fingerprint density at radius 1 is 1.53 bits per heavy atom. The molecule has 1 aromatic rings. The molecule has 0 atom stereocenters. The van der Waals surface area contributed by atoms with E-state index in [1.807, 2.05) is 6.92 Å². The van der Waals surface area contributed by atoms with Crippen LogP contribution in [0.5, 0.6) is 0 Å². The van der Waals surface area contributed by atoms with Gasteiger partial charge in [0.2, 0.25) is 0 Å². The average Bonchev–Trinajstić information content (AvgIpc) is 2.68. The van der Waals surface area contributed by atoms with Crippen LogP contribution >= 0.6 is 0 Å². The van der Waals surface area contributed by atoms with E-state index in [1.54, 1.807) is 17.8 Å². The molecule has 0 radical (unpaired) electrons. The Hall–Kier alpha value is -2.05. The molecule has 0 aliphatic heterocycles. The summed E-state index contributed by atoms with van der Waals surface area (Å²) in [7, 11) is 0. The van der Waals surface area contributed by atoms with Crippen molar-refractivity contribution in [3.63, 3.8) is 0 Å². The number of hydrogen-bond acceptors (Lipinski definition) is 5. The Morgan fingerprint density at radius 3 is 2.76 bits per heavy atom. The van der Waals surface area contributed by atoms with Gasteiger partial charge in [0.15, 0.2) is 5.69 Å². The normalized spacial score (nSPS) is 10.0. The molecule has 0 saturated heterocycles. The van der Waals surface area contributed by atoms with Gasteiger partial charge in [-0.25, -0.2) is 0 Å². The van der Waals surface area contributed by atoms with E-state index >= 15 is 0 Å². The molecule has 0 unspecified atom stereocenters. The number of anilines is 1. The molecular weight excluding hydrogens is 224 g/mol. The lowest BCUT2D eigenvalue weighted by atomic mass is 10.3. The minimum Gasteiger partial charge on any atom is -0.465 e. The molecule has 1 rings (SSSR count). The smallest absolute Gasteiger partial charge is 0.325 e. The molecule has 0 spiro atoms. The third-order valence-corrected chi connectivity index (χ3v) is 2.03. The van der Waals surface area contributed by atoms with E-state index in [9.17, 15) is 9.59 Å². The van der Waals surface area contributed by atoms with Crippen LogP contribution in [0.4, 0.5) is 5.69 Å². The predicted octanol–water partition coefficient (Wildman–Crippen LogP) is -0.222. The number of ether oxygens (including phenoxy) is 1. The van der Waals surface area contributed by atoms with Crippen LogP contribution < -0.4 is 11.1 Å². The minimum atomic E-state index is -0.491. The molecular formula is C10H16N4O3. The van der Waals surface area contributed by atoms with Crippen LogP contribution in [0, 0.1) is 0 Å². The van der Waals surface area contributed by atoms with Gasteiger partial charge in [-0.3, -0.25) is 14.3 Å². The van der Waals surface area contributed by atoms with Crippen molar-refractivity contribution in [2.75, 3.05) is 18.9 Å². The van der Waals surface area contributed by atoms with Crippen LogP contribution in [0.2, 0.25) is 0 Å². The molecule has 1 amide bonds. The first-order chi connectivity index (χ1) is 8.08. The van der Waals surface area contributed by atoms with E-state index in [1.165, 1.54) is 0 Å². The number of nitrogen functional groups attached to an aromatic ring is 1. The zero-order valence-electron chi connectivity index (χ0n) is 9.90. The lowest BCUT2D eigenvalue weighted by Crippen LogP contribution is -2.31. The largest absolute Gasteiger partial charge is 0.465 e. The second-order valence-corrected chi connectivity index (χ2v) is 3.28. The van der Waals surface area contributed by atoms with Crippen molar-refractivity contribution in [1.82, 2.24) is 15.1 Å². The maximum Gasteiger partial charge on any atom is 0.325 e. The molecule has 7 nitrogen and oxygen atoms in total. The fourth-order valence-electron chi connectivity index (χ4n) is 1.22. The van der Waals surface area contributed by atoms with Gasteiger partial charge in [-0.15, -0.1) is 0 Å². The molecule has 94 valence electrons. The number of rotatable bonds is 5. The van der Waals surface area contributed by atoms with Gasteiger partial charge in [0.05, 0.1) is 12.3 Å². The molecule has 0 aliphatic rings. The Kier molecular flexibility index (Phi) is 4.50. The Bertz CT molecular complexity index is 414. The van der Waals surface area contributed by atoms with Crippen LogP contribution in [0.1, 0.15) is 24.3 Å². The topological polar surface area (TPSA) is 99.2 Å². The average molecular weight is 240 g/mol. The summed E-state index contributed by atoms with van der Waals surface area (Å²) in [5.74, 6) is -0.975. The first kappa shape index (κ1) is 13.0. The van der Waals surface area contributed by atoms with E-state index in [0.717, 1.165) is 0 Å². The number of aromatic nitrogens is 2. The Morgan fingerprint density at radius 2 is 2.24 bits per heavy atom. The van der Waals surface area contributed by atoms with Gasteiger partial charge in [-0.05, 0) is 13.8 Å². The van der Waals surface area contributed by atoms with Crippen LogP contribution in [0.25, 0.3) is 0 Å². The first-order valence-corrected chi connectivity index (χ1v) is 5.35. The highest BCUT2D eigenvalue weighted by molar-refractivity contribution is 5.98. The zero-order chi connectivity index (χ0) is 12.8. The van der Waals surface area contributed by atoms with Crippen molar-refractivity contribution in [3.05, 3.63) is 11.9 Å². The summed E-state index contributed by atoms with van der Waals surface area (Å²) in [6.45, 7) is 4.29. The molecule has 7 heteroatoms. The molecule has 0 aromatic carbocycles. The number of nitrogens with one attached hydrogen (secondary N) is 1. The molecule has 0 saturated carbocycles. The van der Waals surface area contributed by atoms with Gasteiger partial charge in [-0.1, -0.05) is 0 Å². The van der Waals surface area contributed by atoms with E-state index < -0.39 is 11.9 Å². The fraction of sp³-hybridized carbons (Fsp3) is 0.500. The summed E-state index contributed by atoms with van der Waals surface area (Å²) in [6, 6.07) is 0. The Balaban J connectivity index is 2.57. The van der Waals surface area contributed by atoms with Gasteiger partial charge in [-0.2, -0.15) is 5.10 Å². The summed E-state index contributed by atoms with van der Waals surface area (Å²) >= 11 is 0. The number of amides is 1. The maximum atomic E-state index is 11.6. The molecule has 17 heavy (non-hydrogen) atoms. The maximum absolute atomic E-state index is 11.6. The van der Waals surface area contributed by atoms with Crippen LogP contribution in [-0.4, -0.2) is 34.8 Å². The van der Waals surface area contributed by atoms with Crippen molar-refractivity contribution in [2.45, 2.75) is 20.4 Å². The van der Waals surface area contributed by atoms with Gasteiger partial charge in [0.25, 0.3) is 5.91 Å². The number of aryl methyl sites for hydroxylation is 1. The summed E-state index contributed by atoms with van der Waals surface area (Å²) < 4.78 is 6.22. The van der Waals surface area contributed by atoms with Crippen molar-refractivity contribution in [2.24, 2.45) is 0 Å². The first-order valence-electron chi connectivity index (χ1n) is 5.35. The molecule has 1 aromatic heterocycles. The highest BCUT2D eigenvalue weighted by atomic mass is 16.5. The van der Waals surface area contributed by atoms with E-state index in [0.29, 0.717) is 6.54 Å². The lowest BCUT2D eigenvalue weighted by molar-refractivity contribution is -0.141. The number of carbonyl (C=O) groups is 2.